The van der Waals surface area contributed by atoms with Gasteiger partial charge in [-0.1, -0.05) is 0 Å². The molecule has 0 atom stereocenters. The number of carbonyl (C=O) groups is 4. The number of fused-ring (bicyclic) bond motifs is 2. The summed E-state index contributed by atoms with van der Waals surface area (Å²) in [5.74, 6) is -0.280. The van der Waals surface area contributed by atoms with Crippen molar-refractivity contribution in [1.29, 1.82) is 0 Å². The van der Waals surface area contributed by atoms with Crippen molar-refractivity contribution in [3.05, 3.63) is 58.7 Å². The summed E-state index contributed by atoms with van der Waals surface area (Å²) in [5.41, 5.74) is 1.15. The molecule has 1 aliphatic rings. The maximum atomic E-state index is 13.0. The van der Waals surface area contributed by atoms with E-state index in [9.17, 15) is 19.2 Å². The van der Waals surface area contributed by atoms with E-state index in [1.807, 2.05) is 0 Å². The molecule has 2 aromatic rings. The van der Waals surface area contributed by atoms with Crippen LogP contribution in [0.15, 0.2) is 36.4 Å². The van der Waals surface area contributed by atoms with Gasteiger partial charge in [0.25, 0.3) is 0 Å². The van der Waals surface area contributed by atoms with E-state index in [1.54, 1.807) is 36.4 Å². The zero-order valence-electron chi connectivity index (χ0n) is 18.0. The number of methoxy groups -OCH3 is 2. The largest absolute Gasteiger partial charge is 0.494 e. The fourth-order valence-corrected chi connectivity index (χ4v) is 3.31. The Hall–Kier alpha value is -3.68. The lowest BCUT2D eigenvalue weighted by atomic mass is 9.84. The van der Waals surface area contributed by atoms with Crippen LogP contribution in [-0.2, 0) is 19.1 Å². The zero-order valence-corrected chi connectivity index (χ0v) is 18.0. The second-order valence-electron chi connectivity index (χ2n) is 7.13. The van der Waals surface area contributed by atoms with Gasteiger partial charge in [-0.2, -0.15) is 0 Å². The normalized spacial score (nSPS) is 11.9. The van der Waals surface area contributed by atoms with Crippen LogP contribution in [0.3, 0.4) is 0 Å². The molecule has 0 saturated heterocycles. The molecule has 168 valence electrons. The smallest absolute Gasteiger partial charge is 0.305 e. The molecule has 8 heteroatoms. The topological polar surface area (TPSA) is 105 Å². The number of ketones is 2. The lowest BCUT2D eigenvalue weighted by Gasteiger charge is -2.19. The van der Waals surface area contributed by atoms with Crippen LogP contribution in [0.2, 0.25) is 0 Å². The summed E-state index contributed by atoms with van der Waals surface area (Å²) in [6, 6.07) is 9.48. The lowest BCUT2D eigenvalue weighted by Crippen LogP contribution is -2.21. The molecule has 0 amide bonds. The molecule has 0 aromatic heterocycles. The average molecular weight is 440 g/mol. The molecule has 32 heavy (non-hydrogen) atoms. The number of ether oxygens (including phenoxy) is 4. The number of hydrogen-bond donors (Lipinski definition) is 0. The van der Waals surface area contributed by atoms with Gasteiger partial charge < -0.3 is 18.9 Å². The molecule has 2 aromatic carbocycles. The molecule has 0 unspecified atom stereocenters. The maximum Gasteiger partial charge on any atom is 0.305 e. The maximum absolute atomic E-state index is 13.0. The van der Waals surface area contributed by atoms with Crippen LogP contribution in [-0.4, -0.2) is 50.9 Å². The minimum atomic E-state index is -0.316. The van der Waals surface area contributed by atoms with E-state index in [0.717, 1.165) is 0 Å². The summed E-state index contributed by atoms with van der Waals surface area (Å²) in [5, 5.41) is 0. The highest BCUT2D eigenvalue weighted by atomic mass is 16.5. The molecule has 0 aliphatic heterocycles. The van der Waals surface area contributed by atoms with Gasteiger partial charge in [0.05, 0.1) is 27.4 Å². The molecule has 0 heterocycles. The highest BCUT2D eigenvalue weighted by molar-refractivity contribution is 6.28. The van der Waals surface area contributed by atoms with Gasteiger partial charge in [-0.15, -0.1) is 0 Å². The highest BCUT2D eigenvalue weighted by Gasteiger charge is 2.30. The van der Waals surface area contributed by atoms with E-state index in [0.29, 0.717) is 35.5 Å². The summed E-state index contributed by atoms with van der Waals surface area (Å²) in [6.07, 6.45) is 1.42. The molecule has 3 rings (SSSR count). The molecule has 0 bridgehead atoms. The van der Waals surface area contributed by atoms with Crippen molar-refractivity contribution in [2.45, 2.75) is 25.7 Å². The highest BCUT2D eigenvalue weighted by Crippen LogP contribution is 2.32. The van der Waals surface area contributed by atoms with Crippen LogP contribution in [0.25, 0.3) is 0 Å². The fraction of sp³-hybridized carbons (Fsp3) is 0.333. The van der Waals surface area contributed by atoms with E-state index >= 15 is 0 Å². The van der Waals surface area contributed by atoms with Gasteiger partial charge in [0.15, 0.2) is 11.6 Å². The molecule has 1 aliphatic carbocycles. The van der Waals surface area contributed by atoms with Gasteiger partial charge in [-0.3, -0.25) is 19.2 Å². The monoisotopic (exact) mass is 440 g/mol. The van der Waals surface area contributed by atoms with E-state index in [1.165, 1.54) is 14.2 Å². The van der Waals surface area contributed by atoms with Gasteiger partial charge in [0.2, 0.25) is 0 Å². The van der Waals surface area contributed by atoms with Crippen LogP contribution < -0.4 is 9.47 Å². The van der Waals surface area contributed by atoms with Gasteiger partial charge >= 0.3 is 11.9 Å². The number of carbonyl (C=O) groups excluding carboxylic acids is 4. The number of esters is 2. The Labute approximate surface area is 185 Å². The van der Waals surface area contributed by atoms with Crippen molar-refractivity contribution in [3.8, 4) is 11.5 Å². The molecule has 0 radical (unpaired) electrons. The number of rotatable bonds is 10. The van der Waals surface area contributed by atoms with E-state index in [4.69, 9.17) is 9.47 Å². The Balaban J connectivity index is 1.68. The minimum absolute atomic E-state index is 0.235. The third-order valence-corrected chi connectivity index (χ3v) is 5.00. The lowest BCUT2D eigenvalue weighted by molar-refractivity contribution is -0.141. The van der Waals surface area contributed by atoms with Gasteiger partial charge in [-0.25, -0.2) is 0 Å². The zero-order chi connectivity index (χ0) is 23.1. The predicted octanol–water partition coefficient (Wildman–Crippen LogP) is 3.13. The Kier molecular flexibility index (Phi) is 7.59. The van der Waals surface area contributed by atoms with Crippen LogP contribution in [0.1, 0.15) is 57.5 Å². The molecule has 0 fully saturated rings. The van der Waals surface area contributed by atoms with Crippen molar-refractivity contribution in [2.75, 3.05) is 27.4 Å². The van der Waals surface area contributed by atoms with E-state index in [-0.39, 0.29) is 60.7 Å². The first-order valence-electron chi connectivity index (χ1n) is 10.2. The predicted molar refractivity (Wildman–Crippen MR) is 113 cm³/mol. The standard InChI is InChI=1S/C24H24O8/c1-29-21(25)5-3-11-31-15-7-9-17-19(13-15)23(27)18-10-8-16(14-20(18)24(17)28)32-12-4-6-22(26)30-2/h7-10,13-14H,3-6,11-12H2,1-2H3. The average Bonchev–Trinajstić information content (AvgIpc) is 2.82. The number of hydrogen-bond acceptors (Lipinski definition) is 8. The fourth-order valence-electron chi connectivity index (χ4n) is 3.31. The van der Waals surface area contributed by atoms with Gasteiger partial charge in [-0.05, 0) is 49.2 Å². The van der Waals surface area contributed by atoms with Crippen molar-refractivity contribution in [1.82, 2.24) is 0 Å². The van der Waals surface area contributed by atoms with Gasteiger partial charge in [0.1, 0.15) is 11.5 Å². The summed E-state index contributed by atoms with van der Waals surface area (Å²) >= 11 is 0. The van der Waals surface area contributed by atoms with Crippen molar-refractivity contribution < 1.29 is 38.1 Å². The Morgan fingerprint density at radius 3 is 1.44 bits per heavy atom. The van der Waals surface area contributed by atoms with E-state index < -0.39 is 0 Å². The second-order valence-corrected chi connectivity index (χ2v) is 7.13. The number of benzene rings is 2. The molecule has 0 N–H and O–H groups in total. The molecule has 8 nitrogen and oxygen atoms in total. The molecule has 0 spiro atoms. The van der Waals surface area contributed by atoms with Crippen molar-refractivity contribution >= 4 is 23.5 Å². The second kappa shape index (κ2) is 10.6. The van der Waals surface area contributed by atoms with Crippen molar-refractivity contribution in [2.24, 2.45) is 0 Å². The summed E-state index contributed by atoms with van der Waals surface area (Å²) in [4.78, 5) is 48.3. The molecular weight excluding hydrogens is 416 g/mol. The quantitative estimate of drug-likeness (QED) is 0.350. The van der Waals surface area contributed by atoms with Crippen LogP contribution in [0.4, 0.5) is 0 Å². The minimum Gasteiger partial charge on any atom is -0.494 e. The first-order valence-corrected chi connectivity index (χ1v) is 10.2. The SMILES string of the molecule is COC(=O)CCCOc1ccc2c(c1)C(=O)c1ccc(OCCCC(=O)OC)cc1C2=O. The third kappa shape index (κ3) is 5.32. The molecule has 0 saturated carbocycles. The van der Waals surface area contributed by atoms with Crippen molar-refractivity contribution in [3.63, 3.8) is 0 Å². The van der Waals surface area contributed by atoms with Crippen LogP contribution in [0.5, 0.6) is 11.5 Å². The summed E-state index contributed by atoms with van der Waals surface area (Å²) < 4.78 is 20.4. The Bertz CT molecular complexity index is 957. The van der Waals surface area contributed by atoms with Crippen LogP contribution in [0, 0.1) is 0 Å². The van der Waals surface area contributed by atoms with Gasteiger partial charge in [0, 0.05) is 35.1 Å². The summed E-state index contributed by atoms with van der Waals surface area (Å²) in [6.45, 7) is 0.562. The van der Waals surface area contributed by atoms with Crippen LogP contribution >= 0.6 is 0 Å². The Morgan fingerprint density at radius 2 is 1.06 bits per heavy atom. The Morgan fingerprint density at radius 1 is 0.656 bits per heavy atom. The first kappa shape index (κ1) is 23.0. The third-order valence-electron chi connectivity index (χ3n) is 5.00. The van der Waals surface area contributed by atoms with E-state index in [2.05, 4.69) is 9.47 Å². The summed E-state index contributed by atoms with van der Waals surface area (Å²) in [7, 11) is 2.65. The first-order chi connectivity index (χ1) is 15.4. The molecular formula is C24H24O8.